The summed E-state index contributed by atoms with van der Waals surface area (Å²) in [6.07, 6.45) is 5.55. The van der Waals surface area contributed by atoms with Crippen LogP contribution >= 0.6 is 11.3 Å². The molecule has 3 fully saturated rings. The molecule has 6 heterocycles. The van der Waals surface area contributed by atoms with Crippen molar-refractivity contribution in [2.45, 2.75) is 45.7 Å². The Morgan fingerprint density at radius 2 is 1.76 bits per heavy atom. The van der Waals surface area contributed by atoms with Gasteiger partial charge in [-0.05, 0) is 62.8 Å². The third-order valence-electron chi connectivity index (χ3n) is 9.29. The molecule has 13 nitrogen and oxygen atoms in total. The molecule has 0 aromatic carbocycles. The van der Waals surface area contributed by atoms with Gasteiger partial charge >= 0.3 is 6.03 Å². The Kier molecular flexibility index (Phi) is 7.94. The number of nitriles is 1. The van der Waals surface area contributed by atoms with Crippen molar-refractivity contribution in [2.75, 3.05) is 49.5 Å². The van der Waals surface area contributed by atoms with Crippen LogP contribution in [0.3, 0.4) is 0 Å². The van der Waals surface area contributed by atoms with Crippen molar-refractivity contribution in [1.29, 1.82) is 5.26 Å². The first kappa shape index (κ1) is 29.9. The highest BCUT2D eigenvalue weighted by atomic mass is 32.1. The molecule has 0 radical (unpaired) electrons. The number of aromatic nitrogens is 5. The number of carbonyl (C=O) groups excluding carboxylic acids is 2. The van der Waals surface area contributed by atoms with Crippen molar-refractivity contribution in [3.63, 3.8) is 0 Å². The molecule has 14 heteroatoms. The lowest BCUT2D eigenvalue weighted by Gasteiger charge is -2.40. The van der Waals surface area contributed by atoms with E-state index in [2.05, 4.69) is 50.7 Å². The van der Waals surface area contributed by atoms with Crippen LogP contribution in [0, 0.1) is 23.2 Å². The first-order valence-electron chi connectivity index (χ1n) is 15.8. The number of anilines is 2. The minimum absolute atomic E-state index is 0.0197. The van der Waals surface area contributed by atoms with E-state index in [1.807, 2.05) is 35.4 Å². The predicted octanol–water partition coefficient (Wildman–Crippen LogP) is 3.70. The maximum Gasteiger partial charge on any atom is 0.317 e. The SMILES string of the molecule is CC(=O)N1CCN(C(=O)N[C@H]2[C@@H]3CC[C@H]2CN(c2nnc(-c4cnc(-c5ccc6cc(C#N)cnn56)cc4NC(C)C)s2)C3)CC1. The van der Waals surface area contributed by atoms with Gasteiger partial charge in [-0.25, -0.2) is 9.31 Å². The fourth-order valence-corrected chi connectivity index (χ4v) is 7.86. The highest BCUT2D eigenvalue weighted by Gasteiger charge is 2.44. The number of nitrogens with zero attached hydrogens (tertiary/aromatic N) is 9. The Bertz CT molecular complexity index is 1810. The monoisotopic (exact) mass is 639 g/mol. The van der Waals surface area contributed by atoms with Gasteiger partial charge in [0, 0.05) is 70.2 Å². The number of nitrogens with one attached hydrogen (secondary N) is 2. The number of carbonyl (C=O) groups is 2. The molecule has 7 rings (SSSR count). The summed E-state index contributed by atoms with van der Waals surface area (Å²) in [5.41, 5.74) is 4.73. The van der Waals surface area contributed by atoms with Gasteiger partial charge in [0.1, 0.15) is 6.07 Å². The molecule has 2 saturated heterocycles. The second-order valence-electron chi connectivity index (χ2n) is 12.7. The standard InChI is InChI=1S/C32H37N11O2S/c1-19(2)36-26-13-27(28-7-6-24-12-21(14-33)15-35-43(24)28)34-16-25(26)30-38-39-32(46-30)42-17-22-4-5-23(18-42)29(22)37-31(45)41-10-8-40(9-11-41)20(3)44/h6-7,12-13,15-16,19,22-23,29H,4-5,8-11,17-18H2,1-3H3,(H,34,36)(H,37,45)/t22-,23+,29+. The Labute approximate surface area is 271 Å². The molecule has 3 atom stereocenters. The van der Waals surface area contributed by atoms with E-state index in [1.54, 1.807) is 33.9 Å². The molecule has 1 aliphatic carbocycles. The number of fused-ring (bicyclic) bond motifs is 3. The topological polar surface area (TPSA) is 148 Å². The van der Waals surface area contributed by atoms with Crippen molar-refractivity contribution in [1.82, 2.24) is 39.9 Å². The molecule has 0 spiro atoms. The number of hydrogen-bond donors (Lipinski definition) is 2. The molecule has 1 saturated carbocycles. The summed E-state index contributed by atoms with van der Waals surface area (Å²) in [6.45, 7) is 9.73. The predicted molar refractivity (Wildman–Crippen MR) is 175 cm³/mol. The Morgan fingerprint density at radius 1 is 1.02 bits per heavy atom. The van der Waals surface area contributed by atoms with E-state index in [9.17, 15) is 14.9 Å². The molecule has 46 heavy (non-hydrogen) atoms. The van der Waals surface area contributed by atoms with Gasteiger partial charge in [0.2, 0.25) is 11.0 Å². The van der Waals surface area contributed by atoms with E-state index in [4.69, 9.17) is 4.98 Å². The number of piperidine rings is 1. The van der Waals surface area contributed by atoms with Crippen molar-refractivity contribution in [3.05, 3.63) is 42.2 Å². The van der Waals surface area contributed by atoms with Gasteiger partial charge in [-0.1, -0.05) is 11.3 Å². The van der Waals surface area contributed by atoms with E-state index < -0.39 is 0 Å². The Balaban J connectivity index is 1.06. The average Bonchev–Trinajstić information content (AvgIpc) is 3.76. The first-order chi connectivity index (χ1) is 22.3. The number of pyridine rings is 1. The van der Waals surface area contributed by atoms with Crippen LogP contribution < -0.4 is 15.5 Å². The molecule has 3 amide bonds. The van der Waals surface area contributed by atoms with Crippen LogP contribution in [-0.2, 0) is 4.79 Å². The first-order valence-corrected chi connectivity index (χ1v) is 16.6. The molecule has 2 aliphatic heterocycles. The summed E-state index contributed by atoms with van der Waals surface area (Å²) in [5, 5.41) is 31.5. The highest BCUT2D eigenvalue weighted by Crippen LogP contribution is 2.41. The number of amides is 3. The summed E-state index contributed by atoms with van der Waals surface area (Å²) in [4.78, 5) is 35.5. The van der Waals surface area contributed by atoms with Crippen LogP contribution in [0.4, 0.5) is 15.6 Å². The van der Waals surface area contributed by atoms with Gasteiger partial charge in [0.25, 0.3) is 0 Å². The lowest BCUT2D eigenvalue weighted by Crippen LogP contribution is -2.58. The summed E-state index contributed by atoms with van der Waals surface area (Å²) in [7, 11) is 0. The maximum atomic E-state index is 13.1. The van der Waals surface area contributed by atoms with E-state index in [1.165, 1.54) is 0 Å². The number of rotatable bonds is 6. The lowest BCUT2D eigenvalue weighted by molar-refractivity contribution is -0.130. The molecule has 2 bridgehead atoms. The van der Waals surface area contributed by atoms with Gasteiger partial charge in [-0.2, -0.15) is 10.4 Å². The lowest BCUT2D eigenvalue weighted by atomic mass is 9.92. The molecule has 4 aromatic rings. The fraction of sp³-hybridized carbons (Fsp3) is 0.469. The van der Waals surface area contributed by atoms with Crippen molar-refractivity contribution < 1.29 is 9.59 Å². The fourth-order valence-electron chi connectivity index (χ4n) is 6.98. The zero-order chi connectivity index (χ0) is 31.9. The zero-order valence-corrected chi connectivity index (χ0v) is 27.0. The summed E-state index contributed by atoms with van der Waals surface area (Å²) >= 11 is 1.56. The molecule has 0 unspecified atom stereocenters. The molecule has 2 N–H and O–H groups in total. The zero-order valence-electron chi connectivity index (χ0n) is 26.2. The van der Waals surface area contributed by atoms with Crippen LogP contribution in [0.25, 0.3) is 27.5 Å². The van der Waals surface area contributed by atoms with Crippen LogP contribution in [0.2, 0.25) is 0 Å². The van der Waals surface area contributed by atoms with Crippen LogP contribution in [-0.4, -0.2) is 97.9 Å². The minimum Gasteiger partial charge on any atom is -0.382 e. The third-order valence-corrected chi connectivity index (χ3v) is 10.3. The van der Waals surface area contributed by atoms with Crippen molar-refractivity contribution >= 4 is 39.6 Å². The van der Waals surface area contributed by atoms with Gasteiger partial charge in [0.05, 0.1) is 34.2 Å². The summed E-state index contributed by atoms with van der Waals surface area (Å²) in [5.74, 6) is 0.760. The number of piperazine rings is 1. The molecule has 3 aliphatic rings. The average molecular weight is 640 g/mol. The Hall–Kier alpha value is -4.77. The molecule has 4 aromatic heterocycles. The quantitative estimate of drug-likeness (QED) is 0.322. The second kappa shape index (κ2) is 12.2. The van der Waals surface area contributed by atoms with Crippen LogP contribution in [0.15, 0.2) is 36.7 Å². The largest absolute Gasteiger partial charge is 0.382 e. The minimum atomic E-state index is -0.0197. The second-order valence-corrected chi connectivity index (χ2v) is 13.6. The summed E-state index contributed by atoms with van der Waals surface area (Å²) in [6, 6.07) is 10.2. The number of urea groups is 1. The van der Waals surface area contributed by atoms with E-state index >= 15 is 0 Å². The van der Waals surface area contributed by atoms with Gasteiger partial charge < -0.3 is 25.3 Å². The van der Waals surface area contributed by atoms with Gasteiger partial charge in [-0.15, -0.1) is 10.2 Å². The van der Waals surface area contributed by atoms with Crippen molar-refractivity contribution in [3.8, 4) is 28.0 Å². The third kappa shape index (κ3) is 5.71. The smallest absolute Gasteiger partial charge is 0.317 e. The van der Waals surface area contributed by atoms with Crippen molar-refractivity contribution in [2.24, 2.45) is 11.8 Å². The Morgan fingerprint density at radius 3 is 2.46 bits per heavy atom. The molecule has 238 valence electrons. The van der Waals surface area contributed by atoms with Crippen LogP contribution in [0.5, 0.6) is 0 Å². The van der Waals surface area contributed by atoms with Gasteiger partial charge in [-0.3, -0.25) is 9.78 Å². The highest BCUT2D eigenvalue weighted by molar-refractivity contribution is 7.18. The van der Waals surface area contributed by atoms with E-state index in [0.29, 0.717) is 43.6 Å². The van der Waals surface area contributed by atoms with E-state index in [-0.39, 0.29) is 24.0 Å². The molecular formula is C32H37N11O2S. The van der Waals surface area contributed by atoms with Crippen LogP contribution in [0.1, 0.15) is 39.2 Å². The normalized spacial score (nSPS) is 21.1. The molecular weight excluding hydrogens is 602 g/mol. The maximum absolute atomic E-state index is 13.1. The van der Waals surface area contributed by atoms with E-state index in [0.717, 1.165) is 64.2 Å². The number of hydrogen-bond acceptors (Lipinski definition) is 10. The van der Waals surface area contributed by atoms with Gasteiger partial charge in [0.15, 0.2) is 5.01 Å². The summed E-state index contributed by atoms with van der Waals surface area (Å²) < 4.78 is 1.79.